The summed E-state index contributed by atoms with van der Waals surface area (Å²) in [6.07, 6.45) is 8.78. The highest BCUT2D eigenvalue weighted by Crippen LogP contribution is 2.39. The van der Waals surface area contributed by atoms with Gasteiger partial charge < -0.3 is 9.47 Å². The van der Waals surface area contributed by atoms with Gasteiger partial charge in [0.1, 0.15) is 0 Å². The lowest BCUT2D eigenvalue weighted by Crippen LogP contribution is -2.10. The largest absolute Gasteiger partial charge is 0.310 e. The molecule has 2 heteroatoms. The second-order valence-electron chi connectivity index (χ2n) is 14.6. The molecule has 10 rings (SSSR count). The van der Waals surface area contributed by atoms with Gasteiger partial charge in [-0.25, -0.2) is 0 Å². The topological polar surface area (TPSA) is 8.17 Å². The number of benzene rings is 9. The van der Waals surface area contributed by atoms with Gasteiger partial charge in [-0.15, -0.1) is 0 Å². The van der Waals surface area contributed by atoms with Crippen LogP contribution in [0.15, 0.2) is 218 Å². The van der Waals surface area contributed by atoms with Crippen molar-refractivity contribution < 1.29 is 0 Å². The van der Waals surface area contributed by atoms with Crippen molar-refractivity contribution in [3.63, 3.8) is 0 Å². The zero-order chi connectivity index (χ0) is 38.7. The molecule has 0 bridgehead atoms. The maximum Gasteiger partial charge on any atom is 0.0541 e. The van der Waals surface area contributed by atoms with Crippen LogP contribution in [0.25, 0.3) is 73.7 Å². The molecule has 0 radical (unpaired) electrons. The number of rotatable bonds is 9. The molecule has 0 aliphatic carbocycles. The van der Waals surface area contributed by atoms with E-state index < -0.39 is 0 Å². The summed E-state index contributed by atoms with van der Waals surface area (Å²) in [7, 11) is 0. The number of para-hydroxylation sites is 3. The summed E-state index contributed by atoms with van der Waals surface area (Å²) in [6, 6.07) is 78.1. The van der Waals surface area contributed by atoms with E-state index in [1.54, 1.807) is 0 Å². The van der Waals surface area contributed by atoms with Gasteiger partial charge in [-0.1, -0.05) is 182 Å². The van der Waals surface area contributed by atoms with Crippen LogP contribution in [0, 0.1) is 0 Å². The average Bonchev–Trinajstić information content (AvgIpc) is 3.63. The molecule has 10 aromatic rings. The van der Waals surface area contributed by atoms with Crippen LogP contribution in [-0.2, 0) is 0 Å². The summed E-state index contributed by atoms with van der Waals surface area (Å²) < 4.78 is 2.35. The fraction of sp³-hybridized carbons (Fsp3) is 0. The van der Waals surface area contributed by atoms with Crippen molar-refractivity contribution in [3.8, 4) is 16.8 Å². The molecule has 0 aliphatic rings. The first-order valence-electron chi connectivity index (χ1n) is 19.8. The summed E-state index contributed by atoms with van der Waals surface area (Å²) in [4.78, 5) is 2.34. The second-order valence-corrected chi connectivity index (χ2v) is 14.6. The maximum atomic E-state index is 2.35. The third kappa shape index (κ3) is 6.89. The van der Waals surface area contributed by atoms with Crippen molar-refractivity contribution in [1.29, 1.82) is 0 Å². The van der Waals surface area contributed by atoms with Crippen LogP contribution in [0.4, 0.5) is 17.1 Å². The average molecular weight is 741 g/mol. The molecule has 1 aromatic heterocycles. The zero-order valence-electron chi connectivity index (χ0n) is 32.0. The molecule has 0 fully saturated rings. The summed E-state index contributed by atoms with van der Waals surface area (Å²) >= 11 is 0. The second kappa shape index (κ2) is 15.5. The summed E-state index contributed by atoms with van der Waals surface area (Å²) in [5, 5.41) is 4.98. The maximum absolute atomic E-state index is 2.35. The van der Waals surface area contributed by atoms with Gasteiger partial charge in [-0.2, -0.15) is 0 Å². The molecule has 0 N–H and O–H groups in total. The predicted octanol–water partition coefficient (Wildman–Crippen LogP) is 15.4. The highest BCUT2D eigenvalue weighted by molar-refractivity contribution is 6.10. The fourth-order valence-electron chi connectivity index (χ4n) is 8.05. The van der Waals surface area contributed by atoms with Crippen molar-refractivity contribution in [2.45, 2.75) is 0 Å². The van der Waals surface area contributed by atoms with Gasteiger partial charge in [0.2, 0.25) is 0 Å². The van der Waals surface area contributed by atoms with Crippen molar-refractivity contribution in [2.24, 2.45) is 0 Å². The van der Waals surface area contributed by atoms with Gasteiger partial charge in [0, 0.05) is 33.2 Å². The number of anilines is 3. The molecule has 0 amide bonds. The fourth-order valence-corrected chi connectivity index (χ4v) is 8.05. The van der Waals surface area contributed by atoms with E-state index in [1.165, 1.54) is 60.5 Å². The van der Waals surface area contributed by atoms with Gasteiger partial charge >= 0.3 is 0 Å². The molecule has 0 aliphatic heterocycles. The van der Waals surface area contributed by atoms with E-state index in [0.717, 1.165) is 28.2 Å². The molecule has 58 heavy (non-hydrogen) atoms. The standard InChI is InChI=1S/C56H40N2/c1-3-14-48(15-4-1)57(54-21-11-13-47-12-7-8-18-51(47)54)50-37-30-43(31-38-50)23-22-41-26-33-45(34-27-41)46-35-28-42(29-36-46)24-25-44-32-39-56-53(40-44)52-19-9-10-20-55(52)58(56)49-16-5-2-6-17-49/h1-40H/b23-22+,25-24+. The Hall–Kier alpha value is -7.68. The molecule has 274 valence electrons. The Morgan fingerprint density at radius 1 is 0.328 bits per heavy atom. The van der Waals surface area contributed by atoms with Crippen LogP contribution < -0.4 is 4.90 Å². The van der Waals surface area contributed by atoms with Crippen LogP contribution in [0.1, 0.15) is 22.3 Å². The molecule has 1 heterocycles. The Kier molecular flexibility index (Phi) is 9.27. The third-order valence-electron chi connectivity index (χ3n) is 11.0. The van der Waals surface area contributed by atoms with E-state index in [-0.39, 0.29) is 0 Å². The van der Waals surface area contributed by atoms with Crippen LogP contribution in [-0.4, -0.2) is 4.57 Å². The first-order chi connectivity index (χ1) is 28.7. The number of hydrogen-bond donors (Lipinski definition) is 0. The van der Waals surface area contributed by atoms with Crippen molar-refractivity contribution in [2.75, 3.05) is 4.90 Å². The number of hydrogen-bond acceptors (Lipinski definition) is 1. The molecule has 9 aromatic carbocycles. The monoisotopic (exact) mass is 740 g/mol. The van der Waals surface area contributed by atoms with E-state index in [0.29, 0.717) is 0 Å². The quantitative estimate of drug-likeness (QED) is 0.134. The summed E-state index contributed by atoms with van der Waals surface area (Å²) in [5.74, 6) is 0. The van der Waals surface area contributed by atoms with Crippen molar-refractivity contribution >= 4 is 73.9 Å². The van der Waals surface area contributed by atoms with Crippen LogP contribution in [0.5, 0.6) is 0 Å². The smallest absolute Gasteiger partial charge is 0.0541 e. The Labute approximate surface area is 339 Å². The molecular formula is C56H40N2. The van der Waals surface area contributed by atoms with E-state index in [4.69, 9.17) is 0 Å². The highest BCUT2D eigenvalue weighted by atomic mass is 15.1. The molecule has 2 nitrogen and oxygen atoms in total. The van der Waals surface area contributed by atoms with Crippen LogP contribution in [0.3, 0.4) is 0 Å². The lowest BCUT2D eigenvalue weighted by atomic mass is 10.0. The molecule has 0 saturated carbocycles. The van der Waals surface area contributed by atoms with Gasteiger partial charge in [0.05, 0.1) is 16.7 Å². The Balaban J connectivity index is 0.831. The van der Waals surface area contributed by atoms with Crippen LogP contribution >= 0.6 is 0 Å². The van der Waals surface area contributed by atoms with E-state index in [9.17, 15) is 0 Å². The Morgan fingerprint density at radius 2 is 0.810 bits per heavy atom. The highest BCUT2D eigenvalue weighted by Gasteiger charge is 2.15. The SMILES string of the molecule is C(=C\c1ccc(N(c2ccccc2)c2cccc3ccccc23)cc1)/c1ccc(-c2ccc(/C=C/c3ccc4c(c3)c3ccccc3n4-c3ccccc3)cc2)cc1. The van der Waals surface area contributed by atoms with Crippen molar-refractivity contribution in [1.82, 2.24) is 4.57 Å². The minimum atomic E-state index is 1.12. The van der Waals surface area contributed by atoms with Crippen molar-refractivity contribution in [3.05, 3.63) is 241 Å². The van der Waals surface area contributed by atoms with E-state index in [1.807, 2.05) is 0 Å². The number of aromatic nitrogens is 1. The first-order valence-corrected chi connectivity index (χ1v) is 19.8. The Morgan fingerprint density at radius 3 is 1.48 bits per heavy atom. The minimum Gasteiger partial charge on any atom is -0.310 e. The number of nitrogens with zero attached hydrogens (tertiary/aromatic N) is 2. The van der Waals surface area contributed by atoms with Gasteiger partial charge in [-0.05, 0) is 99.4 Å². The molecule has 0 spiro atoms. The van der Waals surface area contributed by atoms with Gasteiger partial charge in [0.25, 0.3) is 0 Å². The summed E-state index contributed by atoms with van der Waals surface area (Å²) in [5.41, 5.74) is 14.1. The molecule has 0 unspecified atom stereocenters. The van der Waals surface area contributed by atoms with Gasteiger partial charge in [-0.3, -0.25) is 0 Å². The minimum absolute atomic E-state index is 1.12. The lowest BCUT2D eigenvalue weighted by molar-refractivity contribution is 1.18. The van der Waals surface area contributed by atoms with E-state index in [2.05, 4.69) is 252 Å². The molecule has 0 atom stereocenters. The van der Waals surface area contributed by atoms with Crippen LogP contribution in [0.2, 0.25) is 0 Å². The zero-order valence-corrected chi connectivity index (χ0v) is 32.0. The normalized spacial score (nSPS) is 11.7. The van der Waals surface area contributed by atoms with E-state index >= 15 is 0 Å². The predicted molar refractivity (Wildman–Crippen MR) is 249 cm³/mol. The number of fused-ring (bicyclic) bond motifs is 4. The molecular weight excluding hydrogens is 701 g/mol. The van der Waals surface area contributed by atoms with Gasteiger partial charge in [0.15, 0.2) is 0 Å². The summed E-state index contributed by atoms with van der Waals surface area (Å²) in [6.45, 7) is 0. The lowest BCUT2D eigenvalue weighted by Gasteiger charge is -2.27. The Bertz CT molecular complexity index is 3060. The first kappa shape index (κ1) is 34.8. The third-order valence-corrected chi connectivity index (χ3v) is 11.0. The molecule has 0 saturated heterocycles.